The highest BCUT2D eigenvalue weighted by Gasteiger charge is 2.23. The highest BCUT2D eigenvalue weighted by atomic mass is 32.2. The SMILES string of the molecule is O=C(O)CCC(CC1CCCCC1)NC(=O)CC1CSCCS1. The molecule has 0 radical (unpaired) electrons. The average Bonchev–Trinajstić information content (AvgIpc) is 2.54. The summed E-state index contributed by atoms with van der Waals surface area (Å²) in [5.74, 6) is 3.37. The molecule has 0 aromatic rings. The maximum absolute atomic E-state index is 12.3. The van der Waals surface area contributed by atoms with Crippen molar-refractivity contribution in [2.45, 2.75) is 69.1 Å². The summed E-state index contributed by atoms with van der Waals surface area (Å²) in [7, 11) is 0. The molecule has 4 nitrogen and oxygen atoms in total. The lowest BCUT2D eigenvalue weighted by atomic mass is 9.84. The molecule has 0 bridgehead atoms. The van der Waals surface area contributed by atoms with E-state index in [2.05, 4.69) is 5.32 Å². The van der Waals surface area contributed by atoms with Crippen molar-refractivity contribution in [3.05, 3.63) is 0 Å². The number of carboxylic acids is 1. The minimum absolute atomic E-state index is 0.0305. The number of rotatable bonds is 8. The van der Waals surface area contributed by atoms with Gasteiger partial charge in [-0.3, -0.25) is 9.59 Å². The quantitative estimate of drug-likeness (QED) is 0.694. The van der Waals surface area contributed by atoms with Gasteiger partial charge in [-0.2, -0.15) is 23.5 Å². The minimum atomic E-state index is -0.771. The lowest BCUT2D eigenvalue weighted by Gasteiger charge is -2.28. The Bertz CT molecular complexity index is 380. The highest BCUT2D eigenvalue weighted by Crippen LogP contribution is 2.29. The molecule has 1 aliphatic heterocycles. The van der Waals surface area contributed by atoms with Crippen molar-refractivity contribution in [3.8, 4) is 0 Å². The topological polar surface area (TPSA) is 66.4 Å². The number of amides is 1. The predicted octanol–water partition coefficient (Wildman–Crippen LogP) is 3.55. The van der Waals surface area contributed by atoms with Crippen molar-refractivity contribution in [3.63, 3.8) is 0 Å². The summed E-state index contributed by atoms with van der Waals surface area (Å²) in [5, 5.41) is 12.5. The number of carboxylic acid groups (broad SMARTS) is 1. The summed E-state index contributed by atoms with van der Waals surface area (Å²) in [6, 6.07) is 0.0305. The summed E-state index contributed by atoms with van der Waals surface area (Å²) < 4.78 is 0. The molecule has 1 amide bonds. The van der Waals surface area contributed by atoms with Crippen molar-refractivity contribution in [1.82, 2.24) is 5.32 Å². The fourth-order valence-electron chi connectivity index (χ4n) is 3.52. The van der Waals surface area contributed by atoms with Crippen LogP contribution >= 0.6 is 23.5 Å². The van der Waals surface area contributed by atoms with Crippen LogP contribution in [0.3, 0.4) is 0 Å². The summed E-state index contributed by atoms with van der Waals surface area (Å²) in [6.07, 6.45) is 8.57. The van der Waals surface area contributed by atoms with Gasteiger partial charge in [-0.25, -0.2) is 0 Å². The lowest BCUT2D eigenvalue weighted by Crippen LogP contribution is -2.38. The molecule has 0 spiro atoms. The molecular formula is C17H29NO3S2. The van der Waals surface area contributed by atoms with Gasteiger partial charge in [-0.15, -0.1) is 0 Å². The van der Waals surface area contributed by atoms with Gasteiger partial charge in [0.15, 0.2) is 0 Å². The Hall–Kier alpha value is -0.360. The van der Waals surface area contributed by atoms with Gasteiger partial charge in [0, 0.05) is 41.4 Å². The molecule has 0 aromatic carbocycles. The van der Waals surface area contributed by atoms with Gasteiger partial charge in [-0.05, 0) is 18.8 Å². The van der Waals surface area contributed by atoms with E-state index in [4.69, 9.17) is 5.11 Å². The van der Waals surface area contributed by atoms with Crippen LogP contribution in [0.15, 0.2) is 0 Å². The first kappa shape index (κ1) is 19.0. The van der Waals surface area contributed by atoms with Crippen LogP contribution in [0.2, 0.25) is 0 Å². The molecule has 2 rings (SSSR count). The van der Waals surface area contributed by atoms with Crippen molar-refractivity contribution >= 4 is 35.4 Å². The number of carbonyl (C=O) groups is 2. The molecule has 1 saturated heterocycles. The van der Waals surface area contributed by atoms with Crippen LogP contribution in [0.5, 0.6) is 0 Å². The number of hydrogen-bond donors (Lipinski definition) is 2. The molecule has 2 unspecified atom stereocenters. The first-order valence-electron chi connectivity index (χ1n) is 8.84. The van der Waals surface area contributed by atoms with Crippen molar-refractivity contribution in [2.24, 2.45) is 5.92 Å². The standard InChI is InChI=1S/C17H29NO3S2/c19-16(11-15-12-22-8-9-23-15)18-14(6-7-17(20)21)10-13-4-2-1-3-5-13/h13-15H,1-12H2,(H,18,19)(H,20,21). The number of carbonyl (C=O) groups excluding carboxylic acids is 1. The second-order valence-electron chi connectivity index (χ2n) is 6.71. The Morgan fingerprint density at radius 1 is 1.17 bits per heavy atom. The highest BCUT2D eigenvalue weighted by molar-refractivity contribution is 8.06. The zero-order valence-electron chi connectivity index (χ0n) is 13.8. The average molecular weight is 360 g/mol. The molecule has 1 saturated carbocycles. The lowest BCUT2D eigenvalue weighted by molar-refractivity contribution is -0.137. The fraction of sp³-hybridized carbons (Fsp3) is 0.882. The zero-order chi connectivity index (χ0) is 16.5. The van der Waals surface area contributed by atoms with Crippen LogP contribution in [-0.2, 0) is 9.59 Å². The smallest absolute Gasteiger partial charge is 0.303 e. The van der Waals surface area contributed by atoms with E-state index in [0.29, 0.717) is 24.0 Å². The van der Waals surface area contributed by atoms with E-state index >= 15 is 0 Å². The maximum atomic E-state index is 12.3. The van der Waals surface area contributed by atoms with E-state index in [1.165, 1.54) is 37.9 Å². The van der Waals surface area contributed by atoms with E-state index in [1.807, 2.05) is 23.5 Å². The Morgan fingerprint density at radius 3 is 2.61 bits per heavy atom. The van der Waals surface area contributed by atoms with Crippen LogP contribution in [0, 0.1) is 5.92 Å². The van der Waals surface area contributed by atoms with Crippen molar-refractivity contribution < 1.29 is 14.7 Å². The predicted molar refractivity (Wildman–Crippen MR) is 98.2 cm³/mol. The Balaban J connectivity index is 1.79. The van der Waals surface area contributed by atoms with E-state index < -0.39 is 5.97 Å². The summed E-state index contributed by atoms with van der Waals surface area (Å²) in [6.45, 7) is 0. The zero-order valence-corrected chi connectivity index (χ0v) is 15.4. The van der Waals surface area contributed by atoms with E-state index in [9.17, 15) is 9.59 Å². The van der Waals surface area contributed by atoms with Crippen molar-refractivity contribution in [1.29, 1.82) is 0 Å². The van der Waals surface area contributed by atoms with Crippen LogP contribution in [0.25, 0.3) is 0 Å². The second-order valence-corrected chi connectivity index (χ2v) is 9.27. The van der Waals surface area contributed by atoms with Gasteiger partial charge in [-0.1, -0.05) is 32.1 Å². The van der Waals surface area contributed by atoms with E-state index in [1.54, 1.807) is 0 Å². The first-order valence-corrected chi connectivity index (χ1v) is 11.0. The normalized spacial score (nSPS) is 24.1. The molecule has 2 fully saturated rings. The molecule has 132 valence electrons. The van der Waals surface area contributed by atoms with Crippen LogP contribution in [0.1, 0.15) is 57.8 Å². The molecule has 2 atom stereocenters. The molecule has 2 aliphatic rings. The first-order chi connectivity index (χ1) is 11.1. The second kappa shape index (κ2) is 10.5. The third-order valence-electron chi connectivity index (χ3n) is 4.71. The number of aliphatic carboxylic acids is 1. The van der Waals surface area contributed by atoms with Gasteiger partial charge in [0.2, 0.25) is 5.91 Å². The monoisotopic (exact) mass is 359 g/mol. The van der Waals surface area contributed by atoms with E-state index in [-0.39, 0.29) is 18.4 Å². The van der Waals surface area contributed by atoms with Gasteiger partial charge in [0.05, 0.1) is 0 Å². The van der Waals surface area contributed by atoms with Crippen LogP contribution < -0.4 is 5.32 Å². The summed E-state index contributed by atoms with van der Waals surface area (Å²) in [4.78, 5) is 23.2. The third kappa shape index (κ3) is 7.84. The molecule has 6 heteroatoms. The molecule has 1 heterocycles. The Kier molecular flexibility index (Phi) is 8.66. The fourth-order valence-corrected chi connectivity index (χ4v) is 6.20. The summed E-state index contributed by atoms with van der Waals surface area (Å²) in [5.41, 5.74) is 0. The van der Waals surface area contributed by atoms with E-state index in [0.717, 1.165) is 17.9 Å². The molecule has 0 aromatic heterocycles. The molecule has 23 heavy (non-hydrogen) atoms. The number of thioether (sulfide) groups is 2. The third-order valence-corrected chi connectivity index (χ3v) is 7.56. The number of nitrogens with one attached hydrogen (secondary N) is 1. The van der Waals surface area contributed by atoms with Crippen LogP contribution in [-0.4, -0.2) is 45.5 Å². The van der Waals surface area contributed by atoms with Gasteiger partial charge < -0.3 is 10.4 Å². The van der Waals surface area contributed by atoms with Gasteiger partial charge >= 0.3 is 5.97 Å². The van der Waals surface area contributed by atoms with Crippen LogP contribution in [0.4, 0.5) is 0 Å². The molecular weight excluding hydrogens is 330 g/mol. The minimum Gasteiger partial charge on any atom is -0.481 e. The van der Waals surface area contributed by atoms with Gasteiger partial charge in [0.1, 0.15) is 0 Å². The van der Waals surface area contributed by atoms with Crippen molar-refractivity contribution in [2.75, 3.05) is 17.3 Å². The molecule has 2 N–H and O–H groups in total. The Labute approximate surface area is 147 Å². The van der Waals surface area contributed by atoms with Gasteiger partial charge in [0.25, 0.3) is 0 Å². The number of hydrogen-bond acceptors (Lipinski definition) is 4. The molecule has 1 aliphatic carbocycles. The largest absolute Gasteiger partial charge is 0.481 e. The summed E-state index contributed by atoms with van der Waals surface area (Å²) >= 11 is 3.82. The maximum Gasteiger partial charge on any atom is 0.303 e. The Morgan fingerprint density at radius 2 is 1.96 bits per heavy atom.